The number of hydrogen-bond acceptors (Lipinski definition) is 3. The van der Waals surface area contributed by atoms with Crippen LogP contribution < -0.4 is 5.73 Å². The second kappa shape index (κ2) is 2.87. The molecule has 0 unspecified atom stereocenters. The van der Waals surface area contributed by atoms with Crippen LogP contribution in [0.3, 0.4) is 0 Å². The van der Waals surface area contributed by atoms with Gasteiger partial charge >= 0.3 is 5.97 Å². The maximum Gasteiger partial charge on any atom is 0.321 e. The number of carbonyl (C=O) groups is 1. The van der Waals surface area contributed by atoms with Gasteiger partial charge in [0.25, 0.3) is 0 Å². The number of carboxylic acid groups (broad SMARTS) is 1. The molecule has 0 aliphatic heterocycles. The van der Waals surface area contributed by atoms with Gasteiger partial charge in [-0.1, -0.05) is 0 Å². The molecule has 0 saturated carbocycles. The Bertz CT molecular complexity index is 105. The molecule has 0 fully saturated rings. The van der Waals surface area contributed by atoms with E-state index in [1.54, 1.807) is 0 Å². The van der Waals surface area contributed by atoms with Crippen molar-refractivity contribution in [3.05, 3.63) is 0 Å². The molecule has 0 aromatic rings. The summed E-state index contributed by atoms with van der Waals surface area (Å²) in [6.07, 6.45) is 0. The van der Waals surface area contributed by atoms with Crippen molar-refractivity contribution in [3.8, 4) is 0 Å². The van der Waals surface area contributed by atoms with Crippen LogP contribution >= 0.6 is 12.6 Å². The van der Waals surface area contributed by atoms with E-state index in [1.807, 2.05) is 0 Å². The van der Waals surface area contributed by atoms with Crippen LogP contribution in [0, 0.1) is 0 Å². The Hall–Kier alpha value is -0.220. The molecule has 0 aromatic carbocycles. The van der Waals surface area contributed by atoms with Gasteiger partial charge in [0.1, 0.15) is 6.02 Å². The third kappa shape index (κ3) is 2.47. The van der Waals surface area contributed by atoms with Gasteiger partial charge in [0, 0.05) is 5.75 Å². The lowest BCUT2D eigenvalue weighted by Crippen LogP contribution is -2.31. The van der Waals surface area contributed by atoms with Crippen LogP contribution in [0.1, 0.15) is 1.37 Å². The van der Waals surface area contributed by atoms with E-state index in [9.17, 15) is 4.79 Å². The second-order valence-electron chi connectivity index (χ2n) is 0.989. The van der Waals surface area contributed by atoms with E-state index in [0.29, 0.717) is 0 Å². The predicted octanol–water partition coefficient (Wildman–Crippen LogP) is -0.672. The Balaban J connectivity index is 3.91. The average molecular weight is 122 g/mol. The van der Waals surface area contributed by atoms with E-state index in [0.717, 1.165) is 0 Å². The predicted molar refractivity (Wildman–Crippen MR) is 29.5 cm³/mol. The van der Waals surface area contributed by atoms with Gasteiger partial charge in [-0.05, 0) is 0 Å². The molecule has 0 heterocycles. The Labute approximate surface area is 48.3 Å². The SMILES string of the molecule is [2H][C@@](N)(CS)C(=O)O. The summed E-state index contributed by atoms with van der Waals surface area (Å²) in [5, 5.41) is 8.08. The lowest BCUT2D eigenvalue weighted by molar-refractivity contribution is -0.137. The van der Waals surface area contributed by atoms with Crippen molar-refractivity contribution in [3.63, 3.8) is 0 Å². The van der Waals surface area contributed by atoms with Crippen molar-refractivity contribution < 1.29 is 11.3 Å². The minimum atomic E-state index is -1.93. The largest absolute Gasteiger partial charge is 0.480 e. The molecule has 0 spiro atoms. The lowest BCUT2D eigenvalue weighted by atomic mass is 10.4. The van der Waals surface area contributed by atoms with Crippen LogP contribution in [0.25, 0.3) is 0 Å². The summed E-state index contributed by atoms with van der Waals surface area (Å²) in [5.74, 6) is -1.53. The molecule has 3 N–H and O–H groups in total. The first kappa shape index (κ1) is 4.93. The third-order valence-corrected chi connectivity index (χ3v) is 0.786. The van der Waals surface area contributed by atoms with Gasteiger partial charge in [-0.25, -0.2) is 0 Å². The van der Waals surface area contributed by atoms with Gasteiger partial charge in [0.2, 0.25) is 0 Å². The number of carboxylic acids is 1. The summed E-state index contributed by atoms with van der Waals surface area (Å²) in [5.41, 5.74) is 4.85. The van der Waals surface area contributed by atoms with Gasteiger partial charge in [0.05, 0.1) is 1.37 Å². The molecular weight excluding hydrogens is 114 g/mol. The molecule has 0 amide bonds. The van der Waals surface area contributed by atoms with Crippen molar-refractivity contribution in [2.75, 3.05) is 5.75 Å². The van der Waals surface area contributed by atoms with E-state index in [1.165, 1.54) is 0 Å². The molecule has 0 aromatic heterocycles. The number of aliphatic carboxylic acids is 1. The highest BCUT2D eigenvalue weighted by Crippen LogP contribution is 1.80. The number of rotatable bonds is 2. The Morgan fingerprint density at radius 3 is 2.71 bits per heavy atom. The van der Waals surface area contributed by atoms with Gasteiger partial charge in [-0.2, -0.15) is 12.6 Å². The Morgan fingerprint density at radius 1 is 2.29 bits per heavy atom. The normalized spacial score (nSPS) is 20.0. The molecule has 1 atom stereocenters. The van der Waals surface area contributed by atoms with Crippen LogP contribution in [0.5, 0.6) is 0 Å². The van der Waals surface area contributed by atoms with E-state index in [4.69, 9.17) is 12.2 Å². The average Bonchev–Trinajstić information content (AvgIpc) is 1.67. The first-order chi connectivity index (χ1) is 3.50. The molecule has 0 radical (unpaired) electrons. The van der Waals surface area contributed by atoms with Gasteiger partial charge in [-0.15, -0.1) is 0 Å². The van der Waals surface area contributed by atoms with Crippen molar-refractivity contribution in [1.82, 2.24) is 0 Å². The van der Waals surface area contributed by atoms with Crippen LogP contribution in [-0.4, -0.2) is 22.8 Å². The zero-order valence-electron chi connectivity index (χ0n) is 4.59. The summed E-state index contributed by atoms with van der Waals surface area (Å²) in [4.78, 5) is 9.89. The Kier molecular flexibility index (Phi) is 2.02. The van der Waals surface area contributed by atoms with Crippen molar-refractivity contribution >= 4 is 18.6 Å². The molecular formula is C3H7NO2S. The highest BCUT2D eigenvalue weighted by molar-refractivity contribution is 7.80. The monoisotopic (exact) mass is 122 g/mol. The van der Waals surface area contributed by atoms with E-state index in [-0.39, 0.29) is 5.75 Å². The first-order valence-corrected chi connectivity index (χ1v) is 2.27. The van der Waals surface area contributed by atoms with Crippen molar-refractivity contribution in [1.29, 1.82) is 0 Å². The third-order valence-electron chi connectivity index (χ3n) is 0.445. The van der Waals surface area contributed by atoms with Crippen molar-refractivity contribution in [2.45, 2.75) is 6.02 Å². The number of hydrogen-bond donors (Lipinski definition) is 3. The van der Waals surface area contributed by atoms with Crippen LogP contribution in [0.15, 0.2) is 0 Å². The summed E-state index contributed by atoms with van der Waals surface area (Å²) in [6.45, 7) is 0. The van der Waals surface area contributed by atoms with Crippen LogP contribution in [0.4, 0.5) is 0 Å². The topological polar surface area (TPSA) is 63.3 Å². The highest BCUT2D eigenvalue weighted by atomic mass is 32.1. The van der Waals surface area contributed by atoms with Gasteiger partial charge in [0.15, 0.2) is 0 Å². The highest BCUT2D eigenvalue weighted by Gasteiger charge is 2.06. The van der Waals surface area contributed by atoms with Gasteiger partial charge < -0.3 is 10.8 Å². The minimum absolute atomic E-state index is 0.178. The maximum atomic E-state index is 9.89. The summed E-state index contributed by atoms with van der Waals surface area (Å²) < 4.78 is 6.73. The molecule has 3 nitrogen and oxygen atoms in total. The second-order valence-corrected chi connectivity index (χ2v) is 1.30. The quantitative estimate of drug-likeness (QED) is 0.425. The zero-order valence-corrected chi connectivity index (χ0v) is 4.48. The maximum absolute atomic E-state index is 9.89. The van der Waals surface area contributed by atoms with Crippen LogP contribution in [0.2, 0.25) is 0 Å². The lowest BCUT2D eigenvalue weighted by Gasteiger charge is -1.96. The summed E-state index contributed by atoms with van der Waals surface area (Å²) in [6, 6.07) is -1.93. The fourth-order valence-electron chi connectivity index (χ4n) is 0.0676. The molecule has 0 aliphatic rings. The molecule has 7 heavy (non-hydrogen) atoms. The van der Waals surface area contributed by atoms with E-state index < -0.39 is 12.0 Å². The van der Waals surface area contributed by atoms with Gasteiger partial charge in [-0.3, -0.25) is 4.79 Å². The molecule has 4 heteroatoms. The molecule has 42 valence electrons. The van der Waals surface area contributed by atoms with Crippen molar-refractivity contribution in [2.24, 2.45) is 5.73 Å². The molecule has 0 bridgehead atoms. The van der Waals surface area contributed by atoms with Crippen LogP contribution in [-0.2, 0) is 4.79 Å². The zero-order chi connectivity index (χ0) is 6.78. The molecule has 0 rings (SSSR count). The fraction of sp³-hybridized carbons (Fsp3) is 0.667. The smallest absolute Gasteiger partial charge is 0.321 e. The Morgan fingerprint density at radius 2 is 2.71 bits per heavy atom. The van der Waals surface area contributed by atoms with E-state index >= 15 is 0 Å². The summed E-state index contributed by atoms with van der Waals surface area (Å²) in [7, 11) is 0. The summed E-state index contributed by atoms with van der Waals surface area (Å²) >= 11 is 3.55. The molecule has 0 aliphatic carbocycles. The number of thiol groups is 1. The first-order valence-electron chi connectivity index (χ1n) is 2.14. The standard InChI is InChI=1S/C3H7NO2S/c4-2(1-7)3(5)6/h2,7H,1,4H2,(H,5,6)/t2-/m1/s1/i2D. The fourth-order valence-corrected chi connectivity index (χ4v) is 0.203. The minimum Gasteiger partial charge on any atom is -0.480 e. The number of nitrogens with two attached hydrogens (primary N) is 1. The molecule has 0 saturated heterocycles. The van der Waals surface area contributed by atoms with E-state index in [2.05, 4.69) is 12.6 Å².